The summed E-state index contributed by atoms with van der Waals surface area (Å²) in [5.41, 5.74) is 0. The molecule has 0 heterocycles. The van der Waals surface area contributed by atoms with E-state index in [0.717, 1.165) is 6.42 Å². The minimum Gasteiger partial charge on any atom is -0.248 e. The van der Waals surface area contributed by atoms with E-state index in [-0.39, 0.29) is 26.8 Å². The van der Waals surface area contributed by atoms with Crippen LogP contribution in [0.1, 0.15) is 45.4 Å². The van der Waals surface area contributed by atoms with Crippen molar-refractivity contribution in [2.75, 3.05) is 0 Å². The third-order valence-corrected chi connectivity index (χ3v) is 1.35. The minimum absolute atomic E-state index is 0.306. The van der Waals surface area contributed by atoms with Gasteiger partial charge in [-0.3, -0.25) is 0 Å². The van der Waals surface area contributed by atoms with Crippen molar-refractivity contribution < 1.29 is 0 Å². The fraction of sp³-hybridized carbons (Fsp3) is 0.875. The Hall–Kier alpha value is 2.22. The fourth-order valence-electron chi connectivity index (χ4n) is 0.780. The van der Waals surface area contributed by atoms with Crippen LogP contribution in [-0.4, -0.2) is 26.8 Å². The monoisotopic (exact) mass is 307 g/mol. The van der Waals surface area contributed by atoms with Gasteiger partial charge < -0.3 is 6.92 Å². The maximum Gasteiger partial charge on any atom is 0.495 e. The van der Waals surface area contributed by atoms with Crippen LogP contribution in [0.4, 0.5) is 0 Å². The van der Waals surface area contributed by atoms with Crippen LogP contribution in [0.2, 0.25) is 0 Å². The van der Waals surface area contributed by atoms with E-state index in [0.29, 0.717) is 0 Å². The van der Waals surface area contributed by atoms with E-state index in [2.05, 4.69) is 13.8 Å². The second-order valence-electron chi connectivity index (χ2n) is 2.43. The summed E-state index contributed by atoms with van der Waals surface area (Å²) < 4.78 is 0. The molecule has 0 saturated heterocycles. The van der Waals surface area contributed by atoms with Crippen molar-refractivity contribution in [3.8, 4) is 0 Å². The molecule has 14 heavy (non-hydrogen) atoms. The molecule has 83 valence electrons. The first-order valence-corrected chi connectivity index (χ1v) is 11.6. The zero-order valence-corrected chi connectivity index (χ0v) is 13.9. The average Bonchev–Trinajstić information content (AvgIpc) is 2.15. The fourth-order valence-corrected chi connectivity index (χ4v) is 0.780. The van der Waals surface area contributed by atoms with Crippen LogP contribution in [-0.2, 0) is 0 Å². The first kappa shape index (κ1) is 21.5. The molecule has 6 heteroatoms. The van der Waals surface area contributed by atoms with Gasteiger partial charge in [0.2, 0.25) is 0 Å². The molecule has 1 radical (unpaired) electrons. The molecule has 0 nitrogen and oxygen atoms in total. The number of hydrogen-bond acceptors (Lipinski definition) is 0. The van der Waals surface area contributed by atoms with E-state index >= 15 is 0 Å². The van der Waals surface area contributed by atoms with Gasteiger partial charge in [-0.15, -0.1) is 0 Å². The van der Waals surface area contributed by atoms with Gasteiger partial charge in [-0.1, -0.05) is 39.0 Å². The predicted molar refractivity (Wildman–Crippen MR) is 73.7 cm³/mol. The van der Waals surface area contributed by atoms with Crippen molar-refractivity contribution in [1.82, 2.24) is 0 Å². The van der Waals surface area contributed by atoms with E-state index in [9.17, 15) is 0 Å². The van der Waals surface area contributed by atoms with Crippen LogP contribution in [0, 0.1) is 6.92 Å². The van der Waals surface area contributed by atoms with E-state index in [4.69, 9.17) is 40.2 Å². The van der Waals surface area contributed by atoms with Crippen molar-refractivity contribution in [3.05, 3.63) is 6.92 Å². The number of rotatable bonds is 5. The normalized spacial score (nSPS) is 7.29. The van der Waals surface area contributed by atoms with E-state index in [1.165, 1.54) is 32.1 Å². The van der Waals surface area contributed by atoms with Gasteiger partial charge in [-0.05, 0) is 0 Å². The first-order chi connectivity index (χ1) is 6.74. The summed E-state index contributed by atoms with van der Waals surface area (Å²) in [6.07, 6.45) is 7.98. The van der Waals surface area contributed by atoms with Gasteiger partial charge in [0.25, 0.3) is 0 Å². The largest absolute Gasteiger partial charge is 0.495 e. The Morgan fingerprint density at radius 3 is 1.71 bits per heavy atom. The summed E-state index contributed by atoms with van der Waals surface area (Å²) in [4.78, 5) is 0. The third kappa shape index (κ3) is 47.7. The number of halogens is 4. The Bertz CT molecular complexity index is 59.3. The molecule has 0 aromatic carbocycles. The quantitative estimate of drug-likeness (QED) is 0.373. The second kappa shape index (κ2) is 29.5. The van der Waals surface area contributed by atoms with Gasteiger partial charge in [0.1, 0.15) is 0 Å². The molecule has 0 rings (SSSR count). The Balaban J connectivity index is -0.000000168. The second-order valence-corrected chi connectivity index (χ2v) is 6.72. The molecule has 0 fully saturated rings. The molecular formula is C8H17Al2Cl4. The van der Waals surface area contributed by atoms with Gasteiger partial charge in [-0.25, -0.2) is 20.1 Å². The summed E-state index contributed by atoms with van der Waals surface area (Å²) in [6, 6.07) is 0. The molecule has 0 saturated carbocycles. The van der Waals surface area contributed by atoms with Crippen molar-refractivity contribution >= 4 is 66.9 Å². The average molecular weight is 309 g/mol. The van der Waals surface area contributed by atoms with Gasteiger partial charge in [0.05, 0.1) is 0 Å². The minimum atomic E-state index is -0.306. The van der Waals surface area contributed by atoms with Gasteiger partial charge in [-0.2, -0.15) is 6.42 Å². The molecule has 0 atom stereocenters. The van der Waals surface area contributed by atoms with Crippen molar-refractivity contribution in [1.29, 1.82) is 0 Å². The Labute approximate surface area is 118 Å². The van der Waals surface area contributed by atoms with Crippen LogP contribution in [0.25, 0.3) is 0 Å². The van der Waals surface area contributed by atoms with Crippen LogP contribution >= 0.6 is 40.2 Å². The summed E-state index contributed by atoms with van der Waals surface area (Å²) >= 11 is -0.611. The molecule has 0 spiro atoms. The zero-order valence-electron chi connectivity index (χ0n) is 8.62. The Kier molecular flexibility index (Phi) is 45.3. The molecule has 0 aliphatic rings. The summed E-state index contributed by atoms with van der Waals surface area (Å²) in [5, 5.41) is 0. The van der Waals surface area contributed by atoms with Crippen molar-refractivity contribution in [3.63, 3.8) is 0 Å². The van der Waals surface area contributed by atoms with E-state index in [1.54, 1.807) is 0 Å². The van der Waals surface area contributed by atoms with Crippen LogP contribution in [0.15, 0.2) is 0 Å². The smallest absolute Gasteiger partial charge is 0.248 e. The SMILES string of the molecule is [CH2-]CCCCCCC.[Cl][Al+][Cl].[Cl][Al][Cl]. The topological polar surface area (TPSA) is 0 Å². The molecule has 0 bridgehead atoms. The number of unbranched alkanes of at least 4 members (excludes halogenated alkanes) is 5. The number of hydrogen-bond donors (Lipinski definition) is 0. The maximum atomic E-state index is 4.85. The van der Waals surface area contributed by atoms with Gasteiger partial charge in [0.15, 0.2) is 0 Å². The van der Waals surface area contributed by atoms with Crippen LogP contribution in [0.5, 0.6) is 0 Å². The summed E-state index contributed by atoms with van der Waals surface area (Å²) in [5.74, 6) is 0. The molecule has 0 aromatic heterocycles. The Morgan fingerprint density at radius 2 is 1.43 bits per heavy atom. The Morgan fingerprint density at radius 1 is 1.07 bits per heavy atom. The van der Waals surface area contributed by atoms with E-state index < -0.39 is 0 Å². The van der Waals surface area contributed by atoms with Crippen molar-refractivity contribution in [2.45, 2.75) is 45.4 Å². The van der Waals surface area contributed by atoms with Crippen LogP contribution in [0.3, 0.4) is 0 Å². The van der Waals surface area contributed by atoms with Crippen molar-refractivity contribution in [2.24, 2.45) is 0 Å². The molecule has 0 amide bonds. The summed E-state index contributed by atoms with van der Waals surface area (Å²) in [7, 11) is 19.4. The third-order valence-electron chi connectivity index (χ3n) is 1.35. The molecular weight excluding hydrogens is 292 g/mol. The van der Waals surface area contributed by atoms with Gasteiger partial charge in [0, 0.05) is 0 Å². The zero-order chi connectivity index (χ0) is 11.7. The molecule has 0 aromatic rings. The van der Waals surface area contributed by atoms with E-state index in [1.807, 2.05) is 0 Å². The standard InChI is InChI=1S/C8H17.2Al.4ClH/c1-3-5-7-8-6-4-2;;;;;;/h1,3-8H2,2H3;;;4*1H/q-1;+2;+3;;;;/p-4. The first-order valence-electron chi connectivity index (χ1n) is 4.58. The van der Waals surface area contributed by atoms with Gasteiger partial charge >= 0.3 is 46.9 Å². The molecule has 0 aliphatic heterocycles. The molecule has 0 unspecified atom stereocenters. The summed E-state index contributed by atoms with van der Waals surface area (Å²) in [6.45, 7) is 6.02. The maximum absolute atomic E-state index is 4.85. The van der Waals surface area contributed by atoms with Crippen LogP contribution < -0.4 is 0 Å². The molecule has 0 aliphatic carbocycles. The predicted octanol–water partition coefficient (Wildman–Crippen LogP) is 5.18. The molecule has 0 N–H and O–H groups in total.